The van der Waals surface area contributed by atoms with Crippen molar-refractivity contribution >= 4 is 27.3 Å². The molecule has 162 valence electrons. The number of hydrogen-bond donors (Lipinski definition) is 1. The highest BCUT2D eigenvalue weighted by atomic mass is 32.2. The van der Waals surface area contributed by atoms with Gasteiger partial charge in [0.25, 0.3) is 10.0 Å². The van der Waals surface area contributed by atoms with Crippen LogP contribution in [0.1, 0.15) is 30.9 Å². The Bertz CT molecular complexity index is 1180. The standard InChI is InChI=1S/C24H25FN2O3S/c1-17(2)20-8-4-6-10-22(20)26-24(28)16-27(23-11-7-5-9-21(23)25)31(29,30)19-14-12-18(3)13-15-19/h4-15,17H,16H2,1-3H3,(H,26,28). The molecule has 0 aromatic heterocycles. The average Bonchev–Trinajstić information content (AvgIpc) is 2.73. The van der Waals surface area contributed by atoms with Crippen LogP contribution in [0.2, 0.25) is 0 Å². The average molecular weight is 441 g/mol. The number of sulfonamides is 1. The summed E-state index contributed by atoms with van der Waals surface area (Å²) in [5.41, 5.74) is 2.23. The highest BCUT2D eigenvalue weighted by molar-refractivity contribution is 7.92. The summed E-state index contributed by atoms with van der Waals surface area (Å²) < 4.78 is 42.0. The van der Waals surface area contributed by atoms with Crippen molar-refractivity contribution in [1.29, 1.82) is 0 Å². The maximum atomic E-state index is 14.6. The summed E-state index contributed by atoms with van der Waals surface area (Å²) in [5, 5.41) is 2.78. The van der Waals surface area contributed by atoms with Crippen LogP contribution in [-0.4, -0.2) is 20.9 Å². The van der Waals surface area contributed by atoms with Crippen LogP contribution in [0.4, 0.5) is 15.8 Å². The molecule has 3 aromatic carbocycles. The lowest BCUT2D eigenvalue weighted by Crippen LogP contribution is -2.38. The summed E-state index contributed by atoms with van der Waals surface area (Å²) in [4.78, 5) is 12.9. The maximum absolute atomic E-state index is 14.6. The number of nitrogens with zero attached hydrogens (tertiary/aromatic N) is 1. The molecule has 5 nitrogen and oxygen atoms in total. The summed E-state index contributed by atoms with van der Waals surface area (Å²) in [6.07, 6.45) is 0. The van der Waals surface area contributed by atoms with Crippen molar-refractivity contribution in [1.82, 2.24) is 0 Å². The Balaban J connectivity index is 1.97. The van der Waals surface area contributed by atoms with E-state index in [4.69, 9.17) is 0 Å². The van der Waals surface area contributed by atoms with Gasteiger partial charge < -0.3 is 5.32 Å². The molecule has 0 atom stereocenters. The second-order valence-electron chi connectivity index (χ2n) is 7.57. The van der Waals surface area contributed by atoms with Gasteiger partial charge in [0.1, 0.15) is 12.4 Å². The zero-order chi connectivity index (χ0) is 22.6. The number of aryl methyl sites for hydroxylation is 1. The Morgan fingerprint density at radius 3 is 2.23 bits per heavy atom. The van der Waals surface area contributed by atoms with Crippen LogP contribution in [0, 0.1) is 12.7 Å². The first kappa shape index (κ1) is 22.5. The molecule has 0 spiro atoms. The van der Waals surface area contributed by atoms with E-state index in [0.717, 1.165) is 15.4 Å². The number of amides is 1. The smallest absolute Gasteiger partial charge is 0.264 e. The third-order valence-electron chi connectivity index (χ3n) is 4.87. The second-order valence-corrected chi connectivity index (χ2v) is 9.43. The molecular formula is C24H25FN2O3S. The molecule has 0 aliphatic heterocycles. The lowest BCUT2D eigenvalue weighted by molar-refractivity contribution is -0.114. The predicted molar refractivity (Wildman–Crippen MR) is 121 cm³/mol. The quantitative estimate of drug-likeness (QED) is 0.556. The van der Waals surface area contributed by atoms with Crippen LogP contribution < -0.4 is 9.62 Å². The lowest BCUT2D eigenvalue weighted by atomic mass is 10.0. The molecule has 0 unspecified atom stereocenters. The molecule has 0 saturated heterocycles. The summed E-state index contributed by atoms with van der Waals surface area (Å²) in [7, 11) is -4.17. The monoisotopic (exact) mass is 440 g/mol. The molecule has 0 saturated carbocycles. The van der Waals surface area contributed by atoms with E-state index in [9.17, 15) is 17.6 Å². The van der Waals surface area contributed by atoms with Crippen molar-refractivity contribution in [2.45, 2.75) is 31.6 Å². The highest BCUT2D eigenvalue weighted by Gasteiger charge is 2.29. The fraction of sp³-hybridized carbons (Fsp3) is 0.208. The van der Waals surface area contributed by atoms with Crippen molar-refractivity contribution in [3.63, 3.8) is 0 Å². The minimum atomic E-state index is -4.17. The van der Waals surface area contributed by atoms with Gasteiger partial charge in [0, 0.05) is 5.69 Å². The van der Waals surface area contributed by atoms with Crippen LogP contribution in [0.25, 0.3) is 0 Å². The molecule has 0 aliphatic rings. The normalized spacial score (nSPS) is 11.4. The molecule has 3 aromatic rings. The number of halogens is 1. The molecule has 0 aliphatic carbocycles. The number of rotatable bonds is 7. The molecule has 0 fully saturated rings. The van der Waals surface area contributed by atoms with Gasteiger partial charge >= 0.3 is 0 Å². The van der Waals surface area contributed by atoms with Gasteiger partial charge in [-0.05, 0) is 48.7 Å². The Labute approximate surface area is 182 Å². The van der Waals surface area contributed by atoms with Crippen molar-refractivity contribution in [3.05, 3.63) is 89.7 Å². The lowest BCUT2D eigenvalue weighted by Gasteiger charge is -2.25. The van der Waals surface area contributed by atoms with Crippen molar-refractivity contribution in [2.24, 2.45) is 0 Å². The van der Waals surface area contributed by atoms with E-state index in [0.29, 0.717) is 5.69 Å². The number of hydrogen-bond acceptors (Lipinski definition) is 3. The van der Waals surface area contributed by atoms with Gasteiger partial charge in [-0.15, -0.1) is 0 Å². The molecular weight excluding hydrogens is 415 g/mol. The Morgan fingerprint density at radius 1 is 0.968 bits per heavy atom. The molecule has 1 amide bonds. The van der Waals surface area contributed by atoms with E-state index >= 15 is 0 Å². The summed E-state index contributed by atoms with van der Waals surface area (Å²) in [6, 6.07) is 19.0. The van der Waals surface area contributed by atoms with Gasteiger partial charge in [-0.2, -0.15) is 0 Å². The molecule has 3 rings (SSSR count). The fourth-order valence-corrected chi connectivity index (χ4v) is 4.65. The van der Waals surface area contributed by atoms with E-state index < -0.39 is 28.3 Å². The number of carbonyl (C=O) groups excluding carboxylic acids is 1. The molecule has 7 heteroatoms. The fourth-order valence-electron chi connectivity index (χ4n) is 3.23. The van der Waals surface area contributed by atoms with Gasteiger partial charge in [0.15, 0.2) is 0 Å². The van der Waals surface area contributed by atoms with E-state index in [-0.39, 0.29) is 16.5 Å². The Kier molecular flexibility index (Phi) is 6.75. The summed E-state index contributed by atoms with van der Waals surface area (Å²) in [5.74, 6) is -1.13. The first-order valence-electron chi connectivity index (χ1n) is 9.93. The third-order valence-corrected chi connectivity index (χ3v) is 6.65. The largest absolute Gasteiger partial charge is 0.324 e. The highest BCUT2D eigenvalue weighted by Crippen LogP contribution is 2.27. The Hall–Kier alpha value is -3.19. The zero-order valence-corrected chi connectivity index (χ0v) is 18.5. The van der Waals surface area contributed by atoms with Crippen molar-refractivity contribution < 1.29 is 17.6 Å². The summed E-state index contributed by atoms with van der Waals surface area (Å²) in [6.45, 7) is 5.27. The topological polar surface area (TPSA) is 66.5 Å². The predicted octanol–water partition coefficient (Wildman–Crippen LogP) is 5.09. The second kappa shape index (κ2) is 9.31. The first-order valence-corrected chi connectivity index (χ1v) is 11.4. The molecule has 31 heavy (non-hydrogen) atoms. The van der Waals surface area contributed by atoms with Crippen LogP contribution in [0.15, 0.2) is 77.7 Å². The van der Waals surface area contributed by atoms with E-state index in [1.807, 2.05) is 32.9 Å². The van der Waals surface area contributed by atoms with Gasteiger partial charge in [-0.25, -0.2) is 12.8 Å². The molecule has 0 bridgehead atoms. The third kappa shape index (κ3) is 5.11. The van der Waals surface area contributed by atoms with Crippen LogP contribution in [0.5, 0.6) is 0 Å². The van der Waals surface area contributed by atoms with Gasteiger partial charge in [-0.1, -0.05) is 61.9 Å². The minimum absolute atomic E-state index is 0.0169. The van der Waals surface area contributed by atoms with Gasteiger partial charge in [0.05, 0.1) is 10.6 Å². The van der Waals surface area contributed by atoms with Crippen LogP contribution >= 0.6 is 0 Å². The number of nitrogens with one attached hydrogen (secondary N) is 1. The SMILES string of the molecule is Cc1ccc(S(=O)(=O)N(CC(=O)Nc2ccccc2C(C)C)c2ccccc2F)cc1. The van der Waals surface area contributed by atoms with Crippen LogP contribution in [0.3, 0.4) is 0 Å². The number of para-hydroxylation sites is 2. The summed E-state index contributed by atoms with van der Waals surface area (Å²) >= 11 is 0. The van der Waals surface area contributed by atoms with Gasteiger partial charge in [0.2, 0.25) is 5.91 Å². The minimum Gasteiger partial charge on any atom is -0.324 e. The van der Waals surface area contributed by atoms with E-state index in [2.05, 4.69) is 5.32 Å². The van der Waals surface area contributed by atoms with E-state index in [1.165, 1.54) is 36.4 Å². The number of carbonyl (C=O) groups is 1. The Morgan fingerprint density at radius 2 is 1.58 bits per heavy atom. The zero-order valence-electron chi connectivity index (χ0n) is 17.7. The van der Waals surface area contributed by atoms with Crippen LogP contribution in [-0.2, 0) is 14.8 Å². The van der Waals surface area contributed by atoms with Crippen molar-refractivity contribution in [3.8, 4) is 0 Å². The number of benzene rings is 3. The van der Waals surface area contributed by atoms with E-state index in [1.54, 1.807) is 24.3 Å². The maximum Gasteiger partial charge on any atom is 0.264 e. The van der Waals surface area contributed by atoms with Crippen molar-refractivity contribution in [2.75, 3.05) is 16.2 Å². The molecule has 1 N–H and O–H groups in total. The first-order chi connectivity index (χ1) is 14.7. The molecule has 0 radical (unpaired) electrons. The molecule has 0 heterocycles. The van der Waals surface area contributed by atoms with Gasteiger partial charge in [-0.3, -0.25) is 9.10 Å². The number of anilines is 2.